The van der Waals surface area contributed by atoms with Crippen molar-refractivity contribution in [3.05, 3.63) is 35.4 Å². The molecule has 1 N–H and O–H groups in total. The quantitative estimate of drug-likeness (QED) is 0.847. The summed E-state index contributed by atoms with van der Waals surface area (Å²) in [6, 6.07) is 7.83. The zero-order chi connectivity index (χ0) is 15.9. The number of aryl methyl sites for hydroxylation is 1. The Morgan fingerprint density at radius 2 is 1.86 bits per heavy atom. The van der Waals surface area contributed by atoms with Gasteiger partial charge in [0.25, 0.3) is 5.91 Å². The van der Waals surface area contributed by atoms with E-state index in [1.807, 2.05) is 36.1 Å². The predicted molar refractivity (Wildman–Crippen MR) is 88.2 cm³/mol. The third kappa shape index (κ3) is 4.73. The van der Waals surface area contributed by atoms with Crippen LogP contribution in [0.5, 0.6) is 0 Å². The lowest BCUT2D eigenvalue weighted by Gasteiger charge is -2.32. The highest BCUT2D eigenvalue weighted by molar-refractivity contribution is 6.17. The fraction of sp³-hybridized carbons (Fsp3) is 0.529. The molecule has 120 valence electrons. The van der Waals surface area contributed by atoms with Gasteiger partial charge in [0.1, 0.15) is 0 Å². The van der Waals surface area contributed by atoms with Gasteiger partial charge in [-0.3, -0.25) is 9.59 Å². The normalized spacial score (nSPS) is 15.6. The summed E-state index contributed by atoms with van der Waals surface area (Å²) in [5.74, 6) is 0.646. The van der Waals surface area contributed by atoms with E-state index in [2.05, 4.69) is 5.32 Å². The minimum Gasteiger partial charge on any atom is -0.353 e. The van der Waals surface area contributed by atoms with Gasteiger partial charge in [-0.05, 0) is 38.3 Å². The Morgan fingerprint density at radius 3 is 2.45 bits per heavy atom. The van der Waals surface area contributed by atoms with Crippen molar-refractivity contribution < 1.29 is 9.59 Å². The van der Waals surface area contributed by atoms with E-state index < -0.39 is 0 Å². The number of hydrogen-bond acceptors (Lipinski definition) is 2. The second-order valence-corrected chi connectivity index (χ2v) is 6.17. The van der Waals surface area contributed by atoms with Crippen molar-refractivity contribution in [3.63, 3.8) is 0 Å². The molecule has 1 aromatic carbocycles. The summed E-state index contributed by atoms with van der Waals surface area (Å²) in [5.41, 5.74) is 1.88. The molecule has 2 rings (SSSR count). The van der Waals surface area contributed by atoms with Gasteiger partial charge in [-0.25, -0.2) is 0 Å². The largest absolute Gasteiger partial charge is 0.353 e. The number of nitrogens with zero attached hydrogens (tertiary/aromatic N) is 1. The van der Waals surface area contributed by atoms with Crippen LogP contribution < -0.4 is 5.32 Å². The summed E-state index contributed by atoms with van der Waals surface area (Å²) >= 11 is 5.59. The van der Waals surface area contributed by atoms with Crippen molar-refractivity contribution in [2.24, 2.45) is 0 Å². The Bertz CT molecular complexity index is 508. The minimum absolute atomic E-state index is 0.0592. The summed E-state index contributed by atoms with van der Waals surface area (Å²) in [6.45, 7) is 3.38. The number of hydrogen-bond donors (Lipinski definition) is 1. The molecule has 0 aromatic heterocycles. The van der Waals surface area contributed by atoms with Gasteiger partial charge in [0.05, 0.1) is 0 Å². The van der Waals surface area contributed by atoms with E-state index in [4.69, 9.17) is 11.6 Å². The second-order valence-electron chi connectivity index (χ2n) is 5.79. The lowest BCUT2D eigenvalue weighted by atomic mass is 10.0. The monoisotopic (exact) mass is 322 g/mol. The van der Waals surface area contributed by atoms with Crippen molar-refractivity contribution >= 4 is 23.4 Å². The topological polar surface area (TPSA) is 49.4 Å². The Balaban J connectivity index is 1.80. The third-order valence-corrected chi connectivity index (χ3v) is 4.25. The van der Waals surface area contributed by atoms with Crippen LogP contribution >= 0.6 is 11.6 Å². The van der Waals surface area contributed by atoms with Crippen LogP contribution in [0, 0.1) is 6.92 Å². The zero-order valence-electron chi connectivity index (χ0n) is 13.0. The van der Waals surface area contributed by atoms with Crippen molar-refractivity contribution in [3.8, 4) is 0 Å². The van der Waals surface area contributed by atoms with E-state index in [0.717, 1.165) is 24.0 Å². The number of carbonyl (C=O) groups is 2. The second kappa shape index (κ2) is 8.18. The number of alkyl halides is 1. The van der Waals surface area contributed by atoms with Gasteiger partial charge in [-0.1, -0.05) is 17.7 Å². The number of halogens is 1. The molecule has 1 aliphatic heterocycles. The molecular formula is C17H23ClN2O2. The van der Waals surface area contributed by atoms with E-state index >= 15 is 0 Å². The van der Waals surface area contributed by atoms with Crippen LogP contribution in [0.15, 0.2) is 24.3 Å². The Hall–Kier alpha value is -1.55. The molecule has 2 amide bonds. The van der Waals surface area contributed by atoms with Gasteiger partial charge < -0.3 is 10.2 Å². The van der Waals surface area contributed by atoms with Crippen LogP contribution in [0.2, 0.25) is 0 Å². The maximum absolute atomic E-state index is 12.4. The van der Waals surface area contributed by atoms with Gasteiger partial charge in [-0.15, -0.1) is 11.6 Å². The Morgan fingerprint density at radius 1 is 1.23 bits per heavy atom. The molecule has 1 fully saturated rings. The highest BCUT2D eigenvalue weighted by atomic mass is 35.5. The van der Waals surface area contributed by atoms with Crippen LogP contribution in [-0.2, 0) is 4.79 Å². The zero-order valence-corrected chi connectivity index (χ0v) is 13.7. The van der Waals surface area contributed by atoms with Crippen LogP contribution in [0.1, 0.15) is 41.6 Å². The average Bonchev–Trinajstić information content (AvgIpc) is 2.54. The molecular weight excluding hydrogens is 300 g/mol. The summed E-state index contributed by atoms with van der Waals surface area (Å²) in [7, 11) is 0. The smallest absolute Gasteiger partial charge is 0.253 e. The molecule has 0 unspecified atom stereocenters. The summed E-state index contributed by atoms with van der Waals surface area (Å²) < 4.78 is 0. The molecule has 0 aliphatic carbocycles. The number of carbonyl (C=O) groups excluding carboxylic acids is 2. The first-order chi connectivity index (χ1) is 10.6. The van der Waals surface area contributed by atoms with E-state index in [1.165, 1.54) is 0 Å². The van der Waals surface area contributed by atoms with Gasteiger partial charge in [0, 0.05) is 37.0 Å². The third-order valence-electron chi connectivity index (χ3n) is 3.98. The molecule has 0 atom stereocenters. The van der Waals surface area contributed by atoms with E-state index in [9.17, 15) is 9.59 Å². The maximum Gasteiger partial charge on any atom is 0.253 e. The summed E-state index contributed by atoms with van der Waals surface area (Å²) in [6.07, 6.45) is 2.80. The highest BCUT2D eigenvalue weighted by Crippen LogP contribution is 2.15. The van der Waals surface area contributed by atoms with Crippen molar-refractivity contribution in [2.45, 2.75) is 38.6 Å². The molecule has 0 spiro atoms. The molecule has 0 radical (unpaired) electrons. The molecule has 4 nitrogen and oxygen atoms in total. The number of nitrogens with one attached hydrogen (secondary N) is 1. The average molecular weight is 323 g/mol. The summed E-state index contributed by atoms with van der Waals surface area (Å²) in [5, 5.41) is 3.02. The predicted octanol–water partition coefficient (Wildman–Crippen LogP) is 2.73. The Kier molecular flexibility index (Phi) is 6.25. The van der Waals surface area contributed by atoms with E-state index in [0.29, 0.717) is 31.8 Å². The van der Waals surface area contributed by atoms with Crippen LogP contribution in [0.3, 0.4) is 0 Å². The van der Waals surface area contributed by atoms with Crippen molar-refractivity contribution in [2.75, 3.05) is 19.0 Å². The molecule has 5 heteroatoms. The fourth-order valence-corrected chi connectivity index (χ4v) is 2.77. The van der Waals surface area contributed by atoms with Crippen LogP contribution in [0.4, 0.5) is 0 Å². The lowest BCUT2D eigenvalue weighted by Crippen LogP contribution is -2.46. The molecule has 0 bridgehead atoms. The standard InChI is InChI=1S/C17H23ClN2O2/c1-13-4-6-14(7-5-13)17(22)20-11-8-15(9-12-20)19-16(21)3-2-10-18/h4-7,15H,2-3,8-12H2,1H3,(H,19,21). The van der Waals surface area contributed by atoms with Gasteiger partial charge in [-0.2, -0.15) is 0 Å². The molecule has 1 heterocycles. The number of benzene rings is 1. The molecule has 1 aromatic rings. The van der Waals surface area contributed by atoms with Crippen LogP contribution in [-0.4, -0.2) is 41.7 Å². The number of rotatable bonds is 5. The molecule has 22 heavy (non-hydrogen) atoms. The van der Waals surface area contributed by atoms with Gasteiger partial charge in [0.2, 0.25) is 5.91 Å². The molecule has 0 saturated carbocycles. The number of likely N-dealkylation sites (tertiary alicyclic amines) is 1. The first-order valence-corrected chi connectivity index (χ1v) is 8.35. The Labute approximate surface area is 136 Å². The maximum atomic E-state index is 12.4. The van der Waals surface area contributed by atoms with E-state index in [1.54, 1.807) is 0 Å². The SMILES string of the molecule is Cc1ccc(C(=O)N2CCC(NC(=O)CCCCl)CC2)cc1. The molecule has 1 aliphatic rings. The highest BCUT2D eigenvalue weighted by Gasteiger charge is 2.24. The number of amides is 2. The van der Waals surface area contributed by atoms with Crippen molar-refractivity contribution in [1.82, 2.24) is 10.2 Å². The van der Waals surface area contributed by atoms with Crippen LogP contribution in [0.25, 0.3) is 0 Å². The fourth-order valence-electron chi connectivity index (χ4n) is 2.63. The molecule has 1 saturated heterocycles. The first-order valence-electron chi connectivity index (χ1n) is 7.81. The number of piperidine rings is 1. The van der Waals surface area contributed by atoms with Gasteiger partial charge >= 0.3 is 0 Å². The minimum atomic E-state index is 0.0592. The first kappa shape index (κ1) is 16.8. The van der Waals surface area contributed by atoms with Gasteiger partial charge in [0.15, 0.2) is 0 Å². The van der Waals surface area contributed by atoms with E-state index in [-0.39, 0.29) is 17.9 Å². The van der Waals surface area contributed by atoms with Crippen molar-refractivity contribution in [1.29, 1.82) is 0 Å². The summed E-state index contributed by atoms with van der Waals surface area (Å²) in [4.78, 5) is 26.0. The lowest BCUT2D eigenvalue weighted by molar-refractivity contribution is -0.122.